The zero-order chi connectivity index (χ0) is 16.7. The van der Waals surface area contributed by atoms with Gasteiger partial charge in [0.05, 0.1) is 0 Å². The number of hydrazine groups is 1. The first kappa shape index (κ1) is 16.8. The highest BCUT2D eigenvalue weighted by Gasteiger charge is 2.06. The molecule has 2 aromatic rings. The van der Waals surface area contributed by atoms with Gasteiger partial charge in [0.25, 0.3) is 11.8 Å². The molecule has 5 nitrogen and oxygen atoms in total. The Morgan fingerprint density at radius 2 is 2.04 bits per heavy atom. The number of carbonyl (C=O) groups excluding carboxylic acids is 2. The van der Waals surface area contributed by atoms with Crippen LogP contribution in [-0.2, 0) is 9.59 Å². The summed E-state index contributed by atoms with van der Waals surface area (Å²) in [6, 6.07) is 9.56. The Morgan fingerprint density at radius 1 is 1.22 bits per heavy atom. The fraction of sp³-hybridized carbons (Fsp3) is 0.176. The van der Waals surface area contributed by atoms with E-state index < -0.39 is 11.8 Å². The Hall–Kier alpha value is -2.60. The lowest BCUT2D eigenvalue weighted by molar-refractivity contribution is -0.128. The van der Waals surface area contributed by atoms with Crippen molar-refractivity contribution in [1.29, 1.82) is 0 Å². The van der Waals surface area contributed by atoms with Crippen LogP contribution in [0, 0.1) is 13.8 Å². The van der Waals surface area contributed by atoms with Crippen LogP contribution in [0.2, 0.25) is 0 Å². The van der Waals surface area contributed by atoms with Crippen molar-refractivity contribution in [3.05, 3.63) is 57.8 Å². The molecule has 0 bridgehead atoms. The lowest BCUT2D eigenvalue weighted by atomic mass is 10.1. The molecule has 1 aromatic heterocycles. The van der Waals surface area contributed by atoms with Crippen molar-refractivity contribution in [2.45, 2.75) is 13.8 Å². The van der Waals surface area contributed by atoms with Crippen LogP contribution in [0.1, 0.15) is 16.0 Å². The maximum atomic E-state index is 11.7. The van der Waals surface area contributed by atoms with Crippen LogP contribution in [0.4, 0.5) is 0 Å². The van der Waals surface area contributed by atoms with E-state index in [0.717, 1.165) is 16.0 Å². The minimum atomic E-state index is -0.427. The topological polar surface area (TPSA) is 67.4 Å². The Morgan fingerprint density at radius 3 is 2.78 bits per heavy atom. The monoisotopic (exact) mass is 330 g/mol. The Kier molecular flexibility index (Phi) is 5.94. The van der Waals surface area contributed by atoms with E-state index in [4.69, 9.17) is 4.74 Å². The molecule has 120 valence electrons. The van der Waals surface area contributed by atoms with E-state index in [2.05, 4.69) is 10.9 Å². The molecule has 0 saturated carbocycles. The third-order valence-corrected chi connectivity index (χ3v) is 3.81. The standard InChI is InChI=1S/C17H18N2O3S/c1-12-5-6-13(2)15(10-12)22-11-17(21)19-18-16(20)8-7-14-4-3-9-23-14/h3-10H,11H2,1-2H3,(H,18,20)(H,19,21). The highest BCUT2D eigenvalue weighted by atomic mass is 32.1. The van der Waals surface area contributed by atoms with Gasteiger partial charge in [0.2, 0.25) is 0 Å². The first-order valence-corrected chi connectivity index (χ1v) is 7.93. The average molecular weight is 330 g/mol. The summed E-state index contributed by atoms with van der Waals surface area (Å²) in [5.74, 6) is -0.175. The molecule has 1 heterocycles. The van der Waals surface area contributed by atoms with Crippen LogP contribution >= 0.6 is 11.3 Å². The molecule has 0 aliphatic heterocycles. The fourth-order valence-electron chi connectivity index (χ4n) is 1.76. The maximum Gasteiger partial charge on any atom is 0.276 e. The summed E-state index contributed by atoms with van der Waals surface area (Å²) >= 11 is 1.52. The number of hydrogen-bond donors (Lipinski definition) is 2. The second-order valence-corrected chi connectivity index (χ2v) is 5.92. The predicted octanol–water partition coefficient (Wildman–Crippen LogP) is 2.60. The van der Waals surface area contributed by atoms with E-state index in [1.54, 1.807) is 6.08 Å². The highest BCUT2D eigenvalue weighted by Crippen LogP contribution is 2.18. The molecule has 2 N–H and O–H groups in total. The Balaban J connectivity index is 1.74. The second kappa shape index (κ2) is 8.14. The van der Waals surface area contributed by atoms with Gasteiger partial charge in [-0.3, -0.25) is 20.4 Å². The molecule has 0 radical (unpaired) electrons. The summed E-state index contributed by atoms with van der Waals surface area (Å²) in [5.41, 5.74) is 6.62. The summed E-state index contributed by atoms with van der Waals surface area (Å²) in [4.78, 5) is 24.2. The molecule has 0 aliphatic rings. The summed E-state index contributed by atoms with van der Waals surface area (Å²) in [6.45, 7) is 3.69. The lowest BCUT2D eigenvalue weighted by Crippen LogP contribution is -2.43. The number of thiophene rings is 1. The number of benzene rings is 1. The van der Waals surface area contributed by atoms with E-state index >= 15 is 0 Å². The third-order valence-electron chi connectivity index (χ3n) is 2.97. The molecular formula is C17H18N2O3S. The van der Waals surface area contributed by atoms with Gasteiger partial charge < -0.3 is 4.74 Å². The van der Waals surface area contributed by atoms with Gasteiger partial charge in [0, 0.05) is 11.0 Å². The number of hydrogen-bond acceptors (Lipinski definition) is 4. The van der Waals surface area contributed by atoms with Crippen LogP contribution in [0.3, 0.4) is 0 Å². The second-order valence-electron chi connectivity index (χ2n) is 4.94. The molecule has 2 amide bonds. The van der Waals surface area contributed by atoms with E-state index in [1.807, 2.05) is 49.6 Å². The number of rotatable bonds is 5. The molecule has 0 aliphatic carbocycles. The number of ether oxygens (including phenoxy) is 1. The minimum absolute atomic E-state index is 0.167. The molecule has 6 heteroatoms. The van der Waals surface area contributed by atoms with Gasteiger partial charge in [-0.1, -0.05) is 18.2 Å². The molecule has 0 atom stereocenters. The van der Waals surface area contributed by atoms with Crippen LogP contribution in [0.15, 0.2) is 41.8 Å². The van der Waals surface area contributed by atoms with Gasteiger partial charge in [-0.25, -0.2) is 0 Å². The maximum absolute atomic E-state index is 11.7. The molecule has 0 unspecified atom stereocenters. The van der Waals surface area contributed by atoms with Crippen LogP contribution in [-0.4, -0.2) is 18.4 Å². The number of aryl methyl sites for hydroxylation is 2. The van der Waals surface area contributed by atoms with Gasteiger partial charge in [-0.15, -0.1) is 11.3 Å². The van der Waals surface area contributed by atoms with Gasteiger partial charge in [-0.2, -0.15) is 0 Å². The van der Waals surface area contributed by atoms with Gasteiger partial charge in [0.1, 0.15) is 5.75 Å². The van der Waals surface area contributed by atoms with Crippen molar-refractivity contribution in [3.63, 3.8) is 0 Å². The van der Waals surface area contributed by atoms with Gasteiger partial charge in [0.15, 0.2) is 6.61 Å². The molecular weight excluding hydrogens is 312 g/mol. The van der Waals surface area contributed by atoms with E-state index in [1.165, 1.54) is 17.4 Å². The van der Waals surface area contributed by atoms with Crippen molar-refractivity contribution in [2.75, 3.05) is 6.61 Å². The van der Waals surface area contributed by atoms with Gasteiger partial charge in [-0.05, 0) is 48.6 Å². The van der Waals surface area contributed by atoms with Crippen molar-refractivity contribution in [1.82, 2.24) is 10.9 Å². The smallest absolute Gasteiger partial charge is 0.276 e. The predicted molar refractivity (Wildman–Crippen MR) is 91.0 cm³/mol. The summed E-state index contributed by atoms with van der Waals surface area (Å²) in [5, 5.41) is 1.92. The normalized spacial score (nSPS) is 10.5. The van der Waals surface area contributed by atoms with E-state index in [9.17, 15) is 9.59 Å². The average Bonchev–Trinajstić information content (AvgIpc) is 3.05. The highest BCUT2D eigenvalue weighted by molar-refractivity contribution is 7.10. The van der Waals surface area contributed by atoms with E-state index in [0.29, 0.717) is 5.75 Å². The fourth-order valence-corrected chi connectivity index (χ4v) is 2.38. The van der Waals surface area contributed by atoms with Crippen molar-refractivity contribution in [2.24, 2.45) is 0 Å². The summed E-state index contributed by atoms with van der Waals surface area (Å²) < 4.78 is 5.45. The largest absolute Gasteiger partial charge is 0.483 e. The number of carbonyl (C=O) groups is 2. The van der Waals surface area contributed by atoms with Crippen LogP contribution in [0.5, 0.6) is 5.75 Å². The number of nitrogens with one attached hydrogen (secondary N) is 2. The van der Waals surface area contributed by atoms with Crippen LogP contribution in [0.25, 0.3) is 6.08 Å². The minimum Gasteiger partial charge on any atom is -0.483 e. The quantitative estimate of drug-likeness (QED) is 0.654. The van der Waals surface area contributed by atoms with Crippen LogP contribution < -0.4 is 15.6 Å². The molecule has 0 fully saturated rings. The molecule has 2 rings (SSSR count). The van der Waals surface area contributed by atoms with Crippen molar-refractivity contribution in [3.8, 4) is 5.75 Å². The third kappa shape index (κ3) is 5.60. The lowest BCUT2D eigenvalue weighted by Gasteiger charge is -2.10. The van der Waals surface area contributed by atoms with E-state index in [-0.39, 0.29) is 6.61 Å². The SMILES string of the molecule is Cc1ccc(C)c(OCC(=O)NNC(=O)C=Cc2cccs2)c1. The summed E-state index contributed by atoms with van der Waals surface area (Å²) in [6.07, 6.45) is 3.04. The Labute approximate surface area is 139 Å². The number of amides is 2. The van der Waals surface area contributed by atoms with Crippen molar-refractivity contribution < 1.29 is 14.3 Å². The molecule has 1 aromatic carbocycles. The molecule has 0 spiro atoms. The zero-order valence-corrected chi connectivity index (χ0v) is 13.8. The summed E-state index contributed by atoms with van der Waals surface area (Å²) in [7, 11) is 0. The first-order chi connectivity index (χ1) is 11.0. The molecule has 23 heavy (non-hydrogen) atoms. The molecule has 0 saturated heterocycles. The zero-order valence-electron chi connectivity index (χ0n) is 13.0. The first-order valence-electron chi connectivity index (χ1n) is 7.05. The Bertz CT molecular complexity index is 709. The van der Waals surface area contributed by atoms with Crippen molar-refractivity contribution >= 4 is 29.2 Å². The van der Waals surface area contributed by atoms with Gasteiger partial charge >= 0.3 is 0 Å².